The van der Waals surface area contributed by atoms with Crippen molar-refractivity contribution in [3.05, 3.63) is 35.4 Å². The first-order valence-electron chi connectivity index (χ1n) is 15.2. The molecule has 1 rings (SSSR count). The zero-order valence-corrected chi connectivity index (χ0v) is 24.4. The highest BCUT2D eigenvalue weighted by atomic mass is 16.5. The molecule has 0 aliphatic heterocycles. The Balaban J connectivity index is 2.06. The number of amides is 1. The number of benzene rings is 1. The van der Waals surface area contributed by atoms with Gasteiger partial charge in [-0.1, -0.05) is 115 Å². The molecule has 0 saturated carbocycles. The SMILES string of the molecule is C/C=C(/CC(=O)NCCCCCCCCCCCCCCCCCC)c1cc(OC(C)C)ccc1C. The minimum atomic E-state index is 0.110. The first-order valence-corrected chi connectivity index (χ1v) is 15.2. The van der Waals surface area contributed by atoms with Crippen molar-refractivity contribution in [2.45, 2.75) is 150 Å². The topological polar surface area (TPSA) is 38.3 Å². The van der Waals surface area contributed by atoms with Crippen molar-refractivity contribution in [1.82, 2.24) is 5.32 Å². The van der Waals surface area contributed by atoms with E-state index >= 15 is 0 Å². The molecule has 0 heterocycles. The Labute approximate surface area is 223 Å². The maximum Gasteiger partial charge on any atom is 0.224 e. The van der Waals surface area contributed by atoms with Gasteiger partial charge >= 0.3 is 0 Å². The molecule has 0 aliphatic rings. The molecular weight excluding hydrogens is 442 g/mol. The average Bonchev–Trinajstić information content (AvgIpc) is 2.85. The number of hydrogen-bond acceptors (Lipinski definition) is 2. The third-order valence-electron chi connectivity index (χ3n) is 6.98. The highest BCUT2D eigenvalue weighted by Crippen LogP contribution is 2.27. The van der Waals surface area contributed by atoms with Gasteiger partial charge in [-0.15, -0.1) is 0 Å². The summed E-state index contributed by atoms with van der Waals surface area (Å²) in [5, 5.41) is 3.12. The highest BCUT2D eigenvalue weighted by molar-refractivity contribution is 5.89. The number of unbranched alkanes of at least 4 members (excludes halogenated alkanes) is 15. The van der Waals surface area contributed by atoms with Gasteiger partial charge in [-0.05, 0) is 62.9 Å². The fraction of sp³-hybridized carbons (Fsp3) is 0.727. The van der Waals surface area contributed by atoms with Crippen LogP contribution in [0.15, 0.2) is 24.3 Å². The van der Waals surface area contributed by atoms with Crippen LogP contribution in [-0.2, 0) is 4.79 Å². The van der Waals surface area contributed by atoms with Crippen molar-refractivity contribution in [2.24, 2.45) is 0 Å². The summed E-state index contributed by atoms with van der Waals surface area (Å²) in [6, 6.07) is 6.14. The van der Waals surface area contributed by atoms with E-state index in [0.29, 0.717) is 6.42 Å². The molecule has 0 spiro atoms. The molecule has 0 bridgehead atoms. The van der Waals surface area contributed by atoms with Gasteiger partial charge in [0, 0.05) is 6.54 Å². The molecule has 1 amide bonds. The van der Waals surface area contributed by atoms with Crippen LogP contribution in [0, 0.1) is 6.92 Å². The average molecular weight is 500 g/mol. The third-order valence-corrected chi connectivity index (χ3v) is 6.98. The van der Waals surface area contributed by atoms with Crippen molar-refractivity contribution in [3.63, 3.8) is 0 Å². The summed E-state index contributed by atoms with van der Waals surface area (Å²) in [4.78, 5) is 12.5. The van der Waals surface area contributed by atoms with E-state index in [2.05, 4.69) is 37.4 Å². The number of allylic oxidation sites excluding steroid dienone is 1. The molecule has 206 valence electrons. The number of rotatable bonds is 22. The lowest BCUT2D eigenvalue weighted by Gasteiger charge is -2.15. The predicted molar refractivity (Wildman–Crippen MR) is 158 cm³/mol. The largest absolute Gasteiger partial charge is 0.491 e. The normalized spacial score (nSPS) is 11.8. The Bertz CT molecular complexity index is 722. The van der Waals surface area contributed by atoms with Gasteiger partial charge in [0.15, 0.2) is 0 Å². The molecule has 36 heavy (non-hydrogen) atoms. The van der Waals surface area contributed by atoms with E-state index in [0.717, 1.165) is 29.9 Å². The van der Waals surface area contributed by atoms with Crippen LogP contribution in [0.25, 0.3) is 5.57 Å². The van der Waals surface area contributed by atoms with Crippen LogP contribution < -0.4 is 10.1 Å². The second kappa shape index (κ2) is 21.3. The summed E-state index contributed by atoms with van der Waals surface area (Å²) in [5.41, 5.74) is 3.34. The predicted octanol–water partition coefficient (Wildman–Crippen LogP) is 9.95. The fourth-order valence-electron chi connectivity index (χ4n) is 4.78. The van der Waals surface area contributed by atoms with Crippen molar-refractivity contribution in [1.29, 1.82) is 0 Å². The summed E-state index contributed by atoms with van der Waals surface area (Å²) >= 11 is 0. The smallest absolute Gasteiger partial charge is 0.224 e. The molecule has 0 aliphatic carbocycles. The maximum atomic E-state index is 12.5. The number of carbonyl (C=O) groups excluding carboxylic acids is 1. The molecule has 1 aromatic carbocycles. The standard InChI is InChI=1S/C33H57NO2/c1-6-8-9-10-11-12-13-14-15-16-17-18-19-20-21-22-25-34-33(35)26-30(7-2)32-27-31(36-28(3)4)24-23-29(32)5/h7,23-24,27-28H,6,8-22,25-26H2,1-5H3,(H,34,35)/b30-7-. The number of nitrogens with one attached hydrogen (secondary N) is 1. The summed E-state index contributed by atoms with van der Waals surface area (Å²) in [5.74, 6) is 0.970. The van der Waals surface area contributed by atoms with Gasteiger partial charge in [-0.25, -0.2) is 0 Å². The van der Waals surface area contributed by atoms with Gasteiger partial charge < -0.3 is 10.1 Å². The van der Waals surface area contributed by atoms with Crippen LogP contribution >= 0.6 is 0 Å². The van der Waals surface area contributed by atoms with Crippen LogP contribution in [0.1, 0.15) is 148 Å². The fourth-order valence-corrected chi connectivity index (χ4v) is 4.78. The molecule has 1 aromatic rings. The van der Waals surface area contributed by atoms with E-state index in [-0.39, 0.29) is 12.0 Å². The Morgan fingerprint density at radius 2 is 1.33 bits per heavy atom. The number of carbonyl (C=O) groups is 1. The quantitative estimate of drug-likeness (QED) is 0.161. The molecule has 0 atom stereocenters. The molecule has 0 saturated heterocycles. The number of ether oxygens (including phenoxy) is 1. The maximum absolute atomic E-state index is 12.5. The van der Waals surface area contributed by atoms with E-state index in [9.17, 15) is 4.79 Å². The van der Waals surface area contributed by atoms with Gasteiger partial charge in [-0.2, -0.15) is 0 Å². The van der Waals surface area contributed by atoms with Crippen molar-refractivity contribution in [3.8, 4) is 5.75 Å². The van der Waals surface area contributed by atoms with E-state index in [4.69, 9.17) is 4.74 Å². The van der Waals surface area contributed by atoms with E-state index in [1.165, 1.54) is 102 Å². The third kappa shape index (κ3) is 16.1. The van der Waals surface area contributed by atoms with Crippen molar-refractivity contribution < 1.29 is 9.53 Å². The highest BCUT2D eigenvalue weighted by Gasteiger charge is 2.11. The zero-order valence-electron chi connectivity index (χ0n) is 24.4. The Morgan fingerprint density at radius 3 is 1.81 bits per heavy atom. The van der Waals surface area contributed by atoms with Crippen LogP contribution in [0.2, 0.25) is 0 Å². The molecule has 0 unspecified atom stereocenters. The van der Waals surface area contributed by atoms with E-state index < -0.39 is 0 Å². The van der Waals surface area contributed by atoms with Crippen LogP contribution in [0.3, 0.4) is 0 Å². The molecule has 0 fully saturated rings. The Kier molecular flexibility index (Phi) is 19.1. The van der Waals surface area contributed by atoms with Crippen LogP contribution in [0.4, 0.5) is 0 Å². The van der Waals surface area contributed by atoms with Crippen molar-refractivity contribution in [2.75, 3.05) is 6.54 Å². The van der Waals surface area contributed by atoms with Crippen LogP contribution in [-0.4, -0.2) is 18.6 Å². The minimum absolute atomic E-state index is 0.110. The first-order chi connectivity index (χ1) is 17.5. The summed E-state index contributed by atoms with van der Waals surface area (Å²) < 4.78 is 5.85. The van der Waals surface area contributed by atoms with Crippen LogP contribution in [0.5, 0.6) is 5.75 Å². The number of hydrogen-bond donors (Lipinski definition) is 1. The van der Waals surface area contributed by atoms with Gasteiger partial charge in [0.2, 0.25) is 5.91 Å². The molecule has 0 radical (unpaired) electrons. The molecular formula is C33H57NO2. The minimum Gasteiger partial charge on any atom is -0.491 e. The summed E-state index contributed by atoms with van der Waals surface area (Å²) in [7, 11) is 0. The lowest BCUT2D eigenvalue weighted by atomic mass is 9.97. The molecule has 1 N–H and O–H groups in total. The van der Waals surface area contributed by atoms with Gasteiger partial charge in [0.05, 0.1) is 12.5 Å². The molecule has 0 aromatic heterocycles. The van der Waals surface area contributed by atoms with Gasteiger partial charge in [-0.3, -0.25) is 4.79 Å². The first kappa shape index (κ1) is 32.3. The van der Waals surface area contributed by atoms with E-state index in [1.807, 2.05) is 26.8 Å². The van der Waals surface area contributed by atoms with Gasteiger partial charge in [0.25, 0.3) is 0 Å². The Morgan fingerprint density at radius 1 is 0.833 bits per heavy atom. The summed E-state index contributed by atoms with van der Waals surface area (Å²) in [6.45, 7) is 11.2. The monoisotopic (exact) mass is 499 g/mol. The van der Waals surface area contributed by atoms with Gasteiger partial charge in [0.1, 0.15) is 5.75 Å². The van der Waals surface area contributed by atoms with Crippen molar-refractivity contribution >= 4 is 11.5 Å². The number of aryl methyl sites for hydroxylation is 1. The zero-order chi connectivity index (χ0) is 26.4. The second-order valence-electron chi connectivity index (χ2n) is 10.8. The lowest BCUT2D eigenvalue weighted by Crippen LogP contribution is -2.24. The molecule has 3 heteroatoms. The van der Waals surface area contributed by atoms with E-state index in [1.54, 1.807) is 0 Å². The Hall–Kier alpha value is -1.77. The lowest BCUT2D eigenvalue weighted by molar-refractivity contribution is -0.120. The summed E-state index contributed by atoms with van der Waals surface area (Å²) in [6.07, 6.45) is 24.5. The molecule has 3 nitrogen and oxygen atoms in total. The second-order valence-corrected chi connectivity index (χ2v) is 10.8.